The Morgan fingerprint density at radius 2 is 1.96 bits per heavy atom. The number of hydrogen-bond donors (Lipinski definition) is 0. The molecule has 0 N–H and O–H groups in total. The van der Waals surface area contributed by atoms with Crippen molar-refractivity contribution in [3.8, 4) is 11.4 Å². The van der Waals surface area contributed by atoms with Crippen molar-refractivity contribution >= 4 is 21.8 Å². The van der Waals surface area contributed by atoms with Gasteiger partial charge in [-0.25, -0.2) is 9.97 Å². The average Bonchev–Trinajstić information content (AvgIpc) is 3.24. The molecule has 5 rings (SSSR count). The summed E-state index contributed by atoms with van der Waals surface area (Å²) in [4.78, 5) is 23.3. The standard InChI is InChI=1S/C19H14BrN3O3/c20-16-7-6-15(26-16)18(24)23-10-19(11-23)13-8-21-17(22-14(13)9-25-19)12-4-2-1-3-5-12/h1-8H,9-11H2. The number of likely N-dealkylation sites (tertiary alicyclic amines) is 1. The van der Waals surface area contributed by atoms with Crippen LogP contribution in [0.5, 0.6) is 0 Å². The van der Waals surface area contributed by atoms with Gasteiger partial charge in [-0.1, -0.05) is 30.3 Å². The summed E-state index contributed by atoms with van der Waals surface area (Å²) in [5.41, 5.74) is 2.35. The molecule has 0 aliphatic carbocycles. The third-order valence-electron chi connectivity index (χ3n) is 4.84. The van der Waals surface area contributed by atoms with Crippen molar-refractivity contribution in [1.29, 1.82) is 0 Å². The third-order valence-corrected chi connectivity index (χ3v) is 5.27. The van der Waals surface area contributed by atoms with Crippen molar-refractivity contribution in [2.45, 2.75) is 12.2 Å². The zero-order valence-electron chi connectivity index (χ0n) is 13.7. The number of fused-ring (bicyclic) bond motifs is 2. The van der Waals surface area contributed by atoms with Gasteiger partial charge in [-0.2, -0.15) is 0 Å². The minimum atomic E-state index is -0.496. The average molecular weight is 412 g/mol. The van der Waals surface area contributed by atoms with Gasteiger partial charge >= 0.3 is 0 Å². The van der Waals surface area contributed by atoms with Gasteiger partial charge < -0.3 is 14.1 Å². The van der Waals surface area contributed by atoms with Gasteiger partial charge in [0.25, 0.3) is 5.91 Å². The summed E-state index contributed by atoms with van der Waals surface area (Å²) >= 11 is 3.22. The molecule has 130 valence electrons. The lowest BCUT2D eigenvalue weighted by molar-refractivity contribution is -0.127. The molecule has 2 aromatic heterocycles. The zero-order chi connectivity index (χ0) is 17.7. The summed E-state index contributed by atoms with van der Waals surface area (Å²) in [5, 5.41) is 0. The van der Waals surface area contributed by atoms with Crippen molar-refractivity contribution in [2.24, 2.45) is 0 Å². The molecule has 0 radical (unpaired) electrons. The van der Waals surface area contributed by atoms with Crippen LogP contribution in [0.2, 0.25) is 0 Å². The van der Waals surface area contributed by atoms with Gasteiger partial charge in [0.05, 0.1) is 25.4 Å². The molecular weight excluding hydrogens is 398 g/mol. The van der Waals surface area contributed by atoms with E-state index in [0.29, 0.717) is 36.0 Å². The molecule has 1 amide bonds. The van der Waals surface area contributed by atoms with Gasteiger partial charge in [-0.3, -0.25) is 4.79 Å². The van der Waals surface area contributed by atoms with E-state index in [2.05, 4.69) is 25.9 Å². The molecular formula is C19H14BrN3O3. The molecule has 1 fully saturated rings. The molecule has 1 aromatic carbocycles. The van der Waals surface area contributed by atoms with Crippen molar-refractivity contribution in [1.82, 2.24) is 14.9 Å². The second-order valence-corrected chi connectivity index (χ2v) is 7.25. The normalized spacial score (nSPS) is 17.2. The topological polar surface area (TPSA) is 68.5 Å². The van der Waals surface area contributed by atoms with Crippen LogP contribution in [0.25, 0.3) is 11.4 Å². The monoisotopic (exact) mass is 411 g/mol. The van der Waals surface area contributed by atoms with E-state index in [9.17, 15) is 4.79 Å². The van der Waals surface area contributed by atoms with E-state index in [1.165, 1.54) is 0 Å². The first-order valence-electron chi connectivity index (χ1n) is 8.25. The molecule has 0 bridgehead atoms. The summed E-state index contributed by atoms with van der Waals surface area (Å²) in [7, 11) is 0. The highest BCUT2D eigenvalue weighted by Gasteiger charge is 2.53. The molecule has 1 spiro atoms. The van der Waals surface area contributed by atoms with Crippen LogP contribution in [-0.2, 0) is 16.9 Å². The Morgan fingerprint density at radius 3 is 2.69 bits per heavy atom. The van der Waals surface area contributed by atoms with Gasteiger partial charge in [0, 0.05) is 17.3 Å². The number of aromatic nitrogens is 2. The first-order valence-corrected chi connectivity index (χ1v) is 9.04. The number of benzene rings is 1. The summed E-state index contributed by atoms with van der Waals surface area (Å²) in [5.74, 6) is 0.874. The predicted molar refractivity (Wildman–Crippen MR) is 96.2 cm³/mol. The van der Waals surface area contributed by atoms with Crippen molar-refractivity contribution in [3.05, 3.63) is 70.3 Å². The van der Waals surface area contributed by atoms with Crippen molar-refractivity contribution in [3.63, 3.8) is 0 Å². The van der Waals surface area contributed by atoms with Crippen molar-refractivity contribution in [2.75, 3.05) is 13.1 Å². The Labute approximate surface area is 157 Å². The first kappa shape index (κ1) is 15.7. The van der Waals surface area contributed by atoms with E-state index >= 15 is 0 Å². The van der Waals surface area contributed by atoms with Gasteiger partial charge in [0.1, 0.15) is 5.60 Å². The zero-order valence-corrected chi connectivity index (χ0v) is 15.3. The van der Waals surface area contributed by atoms with E-state index in [-0.39, 0.29) is 5.91 Å². The third kappa shape index (κ3) is 2.39. The molecule has 2 aliphatic rings. The maximum absolute atomic E-state index is 12.5. The lowest BCUT2D eigenvalue weighted by Gasteiger charge is -2.46. The number of furan rings is 1. The van der Waals surface area contributed by atoms with Gasteiger partial charge in [-0.05, 0) is 28.1 Å². The predicted octanol–water partition coefficient (Wildman–Crippen LogP) is 3.38. The fourth-order valence-corrected chi connectivity index (χ4v) is 3.79. The Balaban J connectivity index is 1.37. The molecule has 4 heterocycles. The Bertz CT molecular complexity index is 996. The van der Waals surface area contributed by atoms with E-state index in [4.69, 9.17) is 9.15 Å². The Kier molecular flexibility index (Phi) is 3.48. The van der Waals surface area contributed by atoms with E-state index in [0.717, 1.165) is 16.8 Å². The number of hydrogen-bond acceptors (Lipinski definition) is 5. The summed E-state index contributed by atoms with van der Waals surface area (Å²) in [6.07, 6.45) is 1.84. The van der Waals surface area contributed by atoms with Crippen LogP contribution in [0.15, 0.2) is 57.7 Å². The quantitative estimate of drug-likeness (QED) is 0.646. The number of carbonyl (C=O) groups excluding carboxylic acids is 1. The smallest absolute Gasteiger partial charge is 0.289 e. The van der Waals surface area contributed by atoms with Gasteiger partial charge in [0.15, 0.2) is 16.3 Å². The van der Waals surface area contributed by atoms with E-state index in [1.807, 2.05) is 36.5 Å². The molecule has 0 saturated carbocycles. The summed E-state index contributed by atoms with van der Waals surface area (Å²) < 4.78 is 11.9. The van der Waals surface area contributed by atoms with Crippen LogP contribution in [0, 0.1) is 0 Å². The molecule has 0 atom stereocenters. The molecule has 3 aromatic rings. The van der Waals surface area contributed by atoms with Crippen LogP contribution in [0.4, 0.5) is 0 Å². The highest BCUT2D eigenvalue weighted by molar-refractivity contribution is 9.10. The number of rotatable bonds is 2. The lowest BCUT2D eigenvalue weighted by Crippen LogP contribution is -2.61. The minimum absolute atomic E-state index is 0.139. The van der Waals surface area contributed by atoms with Crippen LogP contribution in [0.1, 0.15) is 21.8 Å². The number of amides is 1. The maximum Gasteiger partial charge on any atom is 0.289 e. The number of nitrogens with zero attached hydrogens (tertiary/aromatic N) is 3. The number of ether oxygens (including phenoxy) is 1. The fourth-order valence-electron chi connectivity index (χ4n) is 3.48. The van der Waals surface area contributed by atoms with Gasteiger partial charge in [0.2, 0.25) is 0 Å². The molecule has 26 heavy (non-hydrogen) atoms. The van der Waals surface area contributed by atoms with Gasteiger partial charge in [-0.15, -0.1) is 0 Å². The molecule has 0 unspecified atom stereocenters. The van der Waals surface area contributed by atoms with Crippen molar-refractivity contribution < 1.29 is 13.9 Å². The highest BCUT2D eigenvalue weighted by Crippen LogP contribution is 2.43. The number of carbonyl (C=O) groups is 1. The van der Waals surface area contributed by atoms with Crippen LogP contribution in [0.3, 0.4) is 0 Å². The lowest BCUT2D eigenvalue weighted by atomic mass is 9.87. The Hall–Kier alpha value is -2.51. The minimum Gasteiger partial charge on any atom is -0.444 e. The molecule has 2 aliphatic heterocycles. The molecule has 7 heteroatoms. The second kappa shape index (κ2) is 5.75. The summed E-state index contributed by atoms with van der Waals surface area (Å²) in [6, 6.07) is 13.2. The SMILES string of the molecule is O=C(c1ccc(Br)o1)N1CC2(C1)OCc1nc(-c3ccccc3)ncc12. The summed E-state index contributed by atoms with van der Waals surface area (Å²) in [6.45, 7) is 1.39. The van der Waals surface area contributed by atoms with Crippen LogP contribution in [-0.4, -0.2) is 33.9 Å². The highest BCUT2D eigenvalue weighted by atomic mass is 79.9. The van der Waals surface area contributed by atoms with E-state index in [1.54, 1.807) is 17.0 Å². The molecule has 1 saturated heterocycles. The fraction of sp³-hybridized carbons (Fsp3) is 0.211. The van der Waals surface area contributed by atoms with Crippen LogP contribution >= 0.6 is 15.9 Å². The maximum atomic E-state index is 12.5. The molecule has 6 nitrogen and oxygen atoms in total. The first-order chi connectivity index (χ1) is 12.6. The van der Waals surface area contributed by atoms with Crippen LogP contribution < -0.4 is 0 Å². The second-order valence-electron chi connectivity index (χ2n) is 6.47. The Morgan fingerprint density at radius 1 is 1.15 bits per heavy atom. The largest absolute Gasteiger partial charge is 0.444 e. The number of halogens is 1. The van der Waals surface area contributed by atoms with E-state index < -0.39 is 5.60 Å².